The molecular formula is C10H9ClO. The molecule has 2 aromatic rings. The minimum atomic E-state index is 0.684. The summed E-state index contributed by atoms with van der Waals surface area (Å²) in [6, 6.07) is 3.87. The van der Waals surface area contributed by atoms with Crippen LogP contribution in [0.15, 0.2) is 22.8 Å². The van der Waals surface area contributed by atoms with Crippen LogP contribution >= 0.6 is 11.6 Å². The number of hydrogen-bond donors (Lipinski definition) is 0. The van der Waals surface area contributed by atoms with Crippen molar-refractivity contribution in [2.45, 2.75) is 13.8 Å². The zero-order valence-electron chi connectivity index (χ0n) is 7.02. The van der Waals surface area contributed by atoms with Gasteiger partial charge in [-0.25, -0.2) is 0 Å². The quantitative estimate of drug-likeness (QED) is 0.603. The summed E-state index contributed by atoms with van der Waals surface area (Å²) in [7, 11) is 0. The molecule has 0 atom stereocenters. The van der Waals surface area contributed by atoms with E-state index in [2.05, 4.69) is 6.92 Å². The van der Waals surface area contributed by atoms with Crippen LogP contribution in [-0.2, 0) is 0 Å². The lowest BCUT2D eigenvalue weighted by atomic mass is 10.1. The molecule has 0 bridgehead atoms. The lowest BCUT2D eigenvalue weighted by molar-refractivity contribution is 0.613. The van der Waals surface area contributed by atoms with E-state index in [-0.39, 0.29) is 0 Å². The fourth-order valence-corrected chi connectivity index (χ4v) is 1.67. The highest BCUT2D eigenvalue weighted by atomic mass is 35.5. The van der Waals surface area contributed by atoms with Crippen LogP contribution in [0.2, 0.25) is 5.02 Å². The maximum Gasteiger partial charge on any atom is 0.152 e. The number of rotatable bonds is 0. The smallest absolute Gasteiger partial charge is 0.152 e. The zero-order valence-corrected chi connectivity index (χ0v) is 7.77. The predicted octanol–water partition coefficient (Wildman–Crippen LogP) is 3.70. The van der Waals surface area contributed by atoms with E-state index in [0.717, 1.165) is 16.5 Å². The third-order valence-electron chi connectivity index (χ3n) is 2.07. The molecule has 2 heteroatoms. The Morgan fingerprint density at radius 3 is 2.58 bits per heavy atom. The minimum absolute atomic E-state index is 0.684. The molecule has 0 fully saturated rings. The standard InChI is InChI=1S/C10H9ClO/c1-6-3-4-8(11)10-9(6)7(2)5-12-10/h3-5H,1-2H3. The molecule has 62 valence electrons. The summed E-state index contributed by atoms with van der Waals surface area (Å²) in [4.78, 5) is 0. The molecule has 2 rings (SSSR count). The van der Waals surface area contributed by atoms with Gasteiger partial charge in [-0.1, -0.05) is 17.7 Å². The van der Waals surface area contributed by atoms with Gasteiger partial charge in [-0.15, -0.1) is 0 Å². The summed E-state index contributed by atoms with van der Waals surface area (Å²) in [5, 5.41) is 1.83. The van der Waals surface area contributed by atoms with Crippen molar-refractivity contribution in [1.29, 1.82) is 0 Å². The van der Waals surface area contributed by atoms with Crippen LogP contribution in [-0.4, -0.2) is 0 Å². The van der Waals surface area contributed by atoms with Gasteiger partial charge < -0.3 is 4.42 Å². The maximum atomic E-state index is 5.95. The second kappa shape index (κ2) is 2.53. The van der Waals surface area contributed by atoms with Crippen LogP contribution in [0.25, 0.3) is 11.0 Å². The molecule has 0 N–H and O–H groups in total. The van der Waals surface area contributed by atoms with Crippen molar-refractivity contribution in [3.63, 3.8) is 0 Å². The molecule has 0 spiro atoms. The Hall–Kier alpha value is -0.950. The van der Waals surface area contributed by atoms with E-state index >= 15 is 0 Å². The molecule has 0 aliphatic rings. The predicted molar refractivity (Wildman–Crippen MR) is 50.7 cm³/mol. The van der Waals surface area contributed by atoms with Crippen molar-refractivity contribution in [3.05, 3.63) is 34.5 Å². The van der Waals surface area contributed by atoms with E-state index in [4.69, 9.17) is 16.0 Å². The monoisotopic (exact) mass is 180 g/mol. The normalized spacial score (nSPS) is 10.9. The van der Waals surface area contributed by atoms with Gasteiger partial charge in [-0.3, -0.25) is 0 Å². The first-order valence-corrected chi connectivity index (χ1v) is 4.21. The largest absolute Gasteiger partial charge is 0.462 e. The summed E-state index contributed by atoms with van der Waals surface area (Å²) in [6.07, 6.45) is 1.74. The topological polar surface area (TPSA) is 13.1 Å². The number of furan rings is 1. The summed E-state index contributed by atoms with van der Waals surface area (Å²) in [6.45, 7) is 4.08. The number of halogens is 1. The fraction of sp³-hybridized carbons (Fsp3) is 0.200. The Labute approximate surface area is 75.9 Å². The van der Waals surface area contributed by atoms with E-state index < -0.39 is 0 Å². The van der Waals surface area contributed by atoms with Gasteiger partial charge in [-0.2, -0.15) is 0 Å². The molecule has 1 nitrogen and oxygen atoms in total. The van der Waals surface area contributed by atoms with E-state index in [1.807, 2.05) is 19.1 Å². The second-order valence-corrected chi connectivity index (χ2v) is 3.39. The highest BCUT2D eigenvalue weighted by molar-refractivity contribution is 6.35. The Kier molecular flexibility index (Phi) is 1.62. The lowest BCUT2D eigenvalue weighted by Gasteiger charge is -1.97. The Morgan fingerprint density at radius 1 is 1.17 bits per heavy atom. The van der Waals surface area contributed by atoms with Crippen molar-refractivity contribution < 1.29 is 4.42 Å². The van der Waals surface area contributed by atoms with Crippen LogP contribution < -0.4 is 0 Å². The maximum absolute atomic E-state index is 5.95. The summed E-state index contributed by atoms with van der Waals surface area (Å²) >= 11 is 5.95. The van der Waals surface area contributed by atoms with E-state index in [9.17, 15) is 0 Å². The van der Waals surface area contributed by atoms with Crippen LogP contribution in [0.4, 0.5) is 0 Å². The second-order valence-electron chi connectivity index (χ2n) is 2.99. The lowest BCUT2D eigenvalue weighted by Crippen LogP contribution is -1.76. The zero-order chi connectivity index (χ0) is 8.72. The number of fused-ring (bicyclic) bond motifs is 1. The van der Waals surface area contributed by atoms with E-state index in [1.165, 1.54) is 5.56 Å². The van der Waals surface area contributed by atoms with Gasteiger partial charge in [0.15, 0.2) is 5.58 Å². The van der Waals surface area contributed by atoms with Gasteiger partial charge in [0, 0.05) is 5.39 Å². The summed E-state index contributed by atoms with van der Waals surface area (Å²) in [5.74, 6) is 0. The molecule has 0 saturated carbocycles. The number of hydrogen-bond acceptors (Lipinski definition) is 1. The minimum Gasteiger partial charge on any atom is -0.462 e. The summed E-state index contributed by atoms with van der Waals surface area (Å²) < 4.78 is 5.33. The highest BCUT2D eigenvalue weighted by Gasteiger charge is 2.07. The molecule has 1 aromatic heterocycles. The molecule has 0 unspecified atom stereocenters. The Bertz CT molecular complexity index is 429. The van der Waals surface area contributed by atoms with Crippen molar-refractivity contribution >= 4 is 22.6 Å². The van der Waals surface area contributed by atoms with Crippen LogP contribution in [0, 0.1) is 13.8 Å². The third kappa shape index (κ3) is 0.935. The first kappa shape index (κ1) is 7.69. The number of aryl methyl sites for hydroxylation is 2. The van der Waals surface area contributed by atoms with Crippen LogP contribution in [0.1, 0.15) is 11.1 Å². The van der Waals surface area contributed by atoms with Crippen LogP contribution in [0.3, 0.4) is 0 Å². The van der Waals surface area contributed by atoms with E-state index in [1.54, 1.807) is 6.26 Å². The Balaban J connectivity index is 2.98. The average Bonchev–Trinajstić information content (AvgIpc) is 2.42. The molecule has 0 amide bonds. The van der Waals surface area contributed by atoms with Gasteiger partial charge in [0.1, 0.15) is 0 Å². The third-order valence-corrected chi connectivity index (χ3v) is 2.36. The van der Waals surface area contributed by atoms with Crippen molar-refractivity contribution in [1.82, 2.24) is 0 Å². The molecule has 12 heavy (non-hydrogen) atoms. The van der Waals surface area contributed by atoms with Gasteiger partial charge in [0.25, 0.3) is 0 Å². The van der Waals surface area contributed by atoms with Crippen molar-refractivity contribution in [2.75, 3.05) is 0 Å². The highest BCUT2D eigenvalue weighted by Crippen LogP contribution is 2.29. The summed E-state index contributed by atoms with van der Waals surface area (Å²) in [5.41, 5.74) is 3.15. The van der Waals surface area contributed by atoms with Crippen molar-refractivity contribution in [3.8, 4) is 0 Å². The SMILES string of the molecule is Cc1ccc(Cl)c2occ(C)c12. The van der Waals surface area contributed by atoms with Gasteiger partial charge in [0.2, 0.25) is 0 Å². The molecule has 1 heterocycles. The van der Waals surface area contributed by atoms with Gasteiger partial charge >= 0.3 is 0 Å². The molecule has 0 saturated heterocycles. The number of benzene rings is 1. The first-order chi connectivity index (χ1) is 5.70. The molecule has 0 radical (unpaired) electrons. The molecular weight excluding hydrogens is 172 g/mol. The molecule has 0 aliphatic heterocycles. The van der Waals surface area contributed by atoms with E-state index in [0.29, 0.717) is 5.02 Å². The van der Waals surface area contributed by atoms with Gasteiger partial charge in [-0.05, 0) is 31.0 Å². The fourth-order valence-electron chi connectivity index (χ4n) is 1.47. The molecule has 0 aliphatic carbocycles. The Morgan fingerprint density at radius 2 is 1.92 bits per heavy atom. The first-order valence-electron chi connectivity index (χ1n) is 3.83. The average molecular weight is 181 g/mol. The van der Waals surface area contributed by atoms with Gasteiger partial charge in [0.05, 0.1) is 11.3 Å². The molecule has 1 aromatic carbocycles. The van der Waals surface area contributed by atoms with Crippen molar-refractivity contribution in [2.24, 2.45) is 0 Å². The van der Waals surface area contributed by atoms with Crippen LogP contribution in [0.5, 0.6) is 0 Å².